The second kappa shape index (κ2) is 10.7. The number of methoxy groups -OCH3 is 1. The molecule has 0 radical (unpaired) electrons. The minimum atomic E-state index is -0.810. The highest BCUT2D eigenvalue weighted by Gasteiger charge is 2.16. The lowest BCUT2D eigenvalue weighted by atomic mass is 10.0. The average molecular weight is 409 g/mol. The van der Waals surface area contributed by atoms with E-state index in [9.17, 15) is 9.59 Å². The minimum Gasteiger partial charge on any atom is -0.496 e. The predicted octanol–water partition coefficient (Wildman–Crippen LogP) is 3.94. The monoisotopic (exact) mass is 409 g/mol. The maximum Gasteiger partial charge on any atom is 0.316 e. The number of benzene rings is 2. The third-order valence-corrected chi connectivity index (χ3v) is 4.23. The van der Waals surface area contributed by atoms with E-state index in [4.69, 9.17) is 16.2 Å². The van der Waals surface area contributed by atoms with Crippen molar-refractivity contribution in [1.82, 2.24) is 9.78 Å². The zero-order valence-corrected chi connectivity index (χ0v) is 17.4. The van der Waals surface area contributed by atoms with Crippen molar-refractivity contribution in [3.63, 3.8) is 0 Å². The molecule has 0 aliphatic carbocycles. The number of hydrogen-bond donors (Lipinski definition) is 3. The Bertz CT molecular complexity index is 1010. The van der Waals surface area contributed by atoms with Gasteiger partial charge in [-0.1, -0.05) is 57.0 Å². The Morgan fingerprint density at radius 3 is 2.37 bits per heavy atom. The van der Waals surface area contributed by atoms with E-state index in [1.807, 2.05) is 48.5 Å². The van der Waals surface area contributed by atoms with Gasteiger partial charge in [0.2, 0.25) is 0 Å². The molecule has 0 saturated carbocycles. The van der Waals surface area contributed by atoms with Crippen molar-refractivity contribution in [2.75, 3.05) is 12.4 Å². The first-order valence-electron chi connectivity index (χ1n) is 9.60. The van der Waals surface area contributed by atoms with E-state index < -0.39 is 11.9 Å². The first-order chi connectivity index (χ1) is 14.4. The number of nitrogens with zero attached hydrogens (tertiary/aromatic N) is 2. The van der Waals surface area contributed by atoms with Gasteiger partial charge in [-0.3, -0.25) is 4.79 Å². The van der Waals surface area contributed by atoms with Gasteiger partial charge in [-0.05, 0) is 23.8 Å². The van der Waals surface area contributed by atoms with Crippen molar-refractivity contribution in [2.24, 2.45) is 11.5 Å². The number of anilines is 1. The van der Waals surface area contributed by atoms with Gasteiger partial charge in [-0.2, -0.15) is 5.10 Å². The summed E-state index contributed by atoms with van der Waals surface area (Å²) in [5.74, 6) is -0.0348. The van der Waals surface area contributed by atoms with Crippen LogP contribution in [-0.4, -0.2) is 28.8 Å². The molecule has 0 aliphatic rings. The molecule has 0 unspecified atom stereocenters. The molecule has 0 fully saturated rings. The van der Waals surface area contributed by atoms with E-state index in [-0.39, 0.29) is 11.4 Å². The molecule has 0 bridgehead atoms. The molecule has 0 spiro atoms. The van der Waals surface area contributed by atoms with Gasteiger partial charge < -0.3 is 21.5 Å². The van der Waals surface area contributed by atoms with Gasteiger partial charge in [-0.25, -0.2) is 9.48 Å². The van der Waals surface area contributed by atoms with Crippen molar-refractivity contribution >= 4 is 17.6 Å². The van der Waals surface area contributed by atoms with E-state index >= 15 is 0 Å². The number of ether oxygens (including phenoxy) is 1. The fraction of sp³-hybridized carbons (Fsp3) is 0.227. The second-order valence-corrected chi connectivity index (χ2v) is 6.44. The number of para-hydroxylation sites is 1. The Hall–Kier alpha value is -3.81. The van der Waals surface area contributed by atoms with Crippen LogP contribution in [0, 0.1) is 0 Å². The fourth-order valence-corrected chi connectivity index (χ4v) is 2.61. The van der Waals surface area contributed by atoms with Crippen LogP contribution in [0.2, 0.25) is 0 Å². The summed E-state index contributed by atoms with van der Waals surface area (Å²) in [5.41, 5.74) is 13.0. The zero-order chi connectivity index (χ0) is 22.1. The highest BCUT2D eigenvalue weighted by Crippen LogP contribution is 2.31. The lowest BCUT2D eigenvalue weighted by Crippen LogP contribution is -2.22. The number of urea groups is 1. The minimum absolute atomic E-state index is 0.0773. The first-order valence-corrected chi connectivity index (χ1v) is 9.60. The average Bonchev–Trinajstić information content (AvgIpc) is 3.17. The Balaban J connectivity index is 0.000000735. The molecule has 3 aromatic rings. The maximum absolute atomic E-state index is 11.6. The van der Waals surface area contributed by atoms with E-state index in [0.717, 1.165) is 16.9 Å². The van der Waals surface area contributed by atoms with Gasteiger partial charge in [0.1, 0.15) is 5.75 Å². The third-order valence-electron chi connectivity index (χ3n) is 4.23. The lowest BCUT2D eigenvalue weighted by molar-refractivity contribution is 0.0996. The summed E-state index contributed by atoms with van der Waals surface area (Å²) in [7, 11) is 1.61. The van der Waals surface area contributed by atoms with Crippen molar-refractivity contribution in [3.8, 4) is 22.6 Å². The van der Waals surface area contributed by atoms with Crippen LogP contribution in [0.15, 0.2) is 54.7 Å². The van der Waals surface area contributed by atoms with E-state index in [1.165, 1.54) is 23.7 Å². The van der Waals surface area contributed by atoms with Gasteiger partial charge in [0.05, 0.1) is 24.7 Å². The molecule has 3 amide bonds. The molecule has 8 heteroatoms. The Kier molecular flexibility index (Phi) is 7.99. The van der Waals surface area contributed by atoms with Crippen LogP contribution in [0.3, 0.4) is 0 Å². The number of amides is 3. The standard InChI is InChI=1S/C18H17N5O3.C4H10/c1-26-15-8-3-2-7-13(15)11-5-4-6-12(9-11)23-10-14(21-18(20)25)16(22-23)17(19)24;1-3-4-2/h2-10H,1H3,(H2,19,24)(H3,20,21,25);3-4H2,1-2H3. The molecular formula is C22H27N5O3. The number of carbonyl (C=O) groups is 2. The Morgan fingerprint density at radius 2 is 1.77 bits per heavy atom. The number of nitrogens with one attached hydrogen (secondary N) is 1. The molecule has 1 aromatic heterocycles. The Labute approximate surface area is 175 Å². The third kappa shape index (κ3) is 5.60. The summed E-state index contributed by atoms with van der Waals surface area (Å²) in [6, 6.07) is 14.3. The number of nitrogens with two attached hydrogens (primary N) is 2. The Morgan fingerprint density at radius 1 is 1.07 bits per heavy atom. The summed E-state index contributed by atoms with van der Waals surface area (Å²) in [4.78, 5) is 22.7. The number of unbranched alkanes of at least 4 members (excludes halogenated alkanes) is 1. The van der Waals surface area contributed by atoms with Crippen molar-refractivity contribution in [1.29, 1.82) is 0 Å². The predicted molar refractivity (Wildman–Crippen MR) is 118 cm³/mol. The first kappa shape index (κ1) is 22.5. The summed E-state index contributed by atoms with van der Waals surface area (Å²) < 4.78 is 6.85. The van der Waals surface area contributed by atoms with Crippen molar-refractivity contribution in [2.45, 2.75) is 26.7 Å². The van der Waals surface area contributed by atoms with E-state index in [1.54, 1.807) is 7.11 Å². The normalized spacial score (nSPS) is 9.97. The smallest absolute Gasteiger partial charge is 0.316 e. The largest absolute Gasteiger partial charge is 0.496 e. The fourth-order valence-electron chi connectivity index (χ4n) is 2.61. The van der Waals surface area contributed by atoms with Crippen LogP contribution in [0.25, 0.3) is 16.8 Å². The second-order valence-electron chi connectivity index (χ2n) is 6.44. The SMILES string of the molecule is CCCC.COc1ccccc1-c1cccc(-n2cc(NC(N)=O)c(C(N)=O)n2)c1. The summed E-state index contributed by atoms with van der Waals surface area (Å²) in [6.45, 7) is 4.36. The van der Waals surface area contributed by atoms with Crippen LogP contribution in [-0.2, 0) is 0 Å². The molecule has 30 heavy (non-hydrogen) atoms. The topological polar surface area (TPSA) is 125 Å². The van der Waals surface area contributed by atoms with Crippen molar-refractivity contribution < 1.29 is 14.3 Å². The molecule has 0 aliphatic heterocycles. The lowest BCUT2D eigenvalue weighted by Gasteiger charge is -2.10. The number of aromatic nitrogens is 2. The maximum atomic E-state index is 11.6. The molecule has 5 N–H and O–H groups in total. The highest BCUT2D eigenvalue weighted by atomic mass is 16.5. The summed E-state index contributed by atoms with van der Waals surface area (Å²) >= 11 is 0. The highest BCUT2D eigenvalue weighted by molar-refractivity contribution is 6.00. The molecule has 158 valence electrons. The van der Waals surface area contributed by atoms with Gasteiger partial charge in [0.25, 0.3) is 5.91 Å². The van der Waals surface area contributed by atoms with Crippen LogP contribution in [0.1, 0.15) is 37.2 Å². The van der Waals surface area contributed by atoms with Gasteiger partial charge in [-0.15, -0.1) is 0 Å². The van der Waals surface area contributed by atoms with Crippen molar-refractivity contribution in [3.05, 3.63) is 60.4 Å². The molecule has 8 nitrogen and oxygen atoms in total. The van der Waals surface area contributed by atoms with Crippen LogP contribution in [0.4, 0.5) is 10.5 Å². The molecular weight excluding hydrogens is 382 g/mol. The van der Waals surface area contributed by atoms with Gasteiger partial charge in [0, 0.05) is 5.56 Å². The zero-order valence-electron chi connectivity index (χ0n) is 17.4. The number of carbonyl (C=O) groups excluding carboxylic acids is 2. The molecule has 3 rings (SSSR count). The van der Waals surface area contributed by atoms with Crippen LogP contribution < -0.4 is 21.5 Å². The van der Waals surface area contributed by atoms with E-state index in [2.05, 4.69) is 24.3 Å². The molecule has 2 aromatic carbocycles. The number of rotatable bonds is 6. The number of primary amides is 2. The summed E-state index contributed by atoms with van der Waals surface area (Å²) in [6.07, 6.45) is 4.12. The van der Waals surface area contributed by atoms with E-state index in [0.29, 0.717) is 5.69 Å². The van der Waals surface area contributed by atoms with Gasteiger partial charge >= 0.3 is 6.03 Å². The summed E-state index contributed by atoms with van der Waals surface area (Å²) in [5, 5.41) is 6.50. The van der Waals surface area contributed by atoms with Crippen LogP contribution >= 0.6 is 0 Å². The van der Waals surface area contributed by atoms with Crippen LogP contribution in [0.5, 0.6) is 5.75 Å². The van der Waals surface area contributed by atoms with Gasteiger partial charge in [0.15, 0.2) is 5.69 Å². The molecule has 0 atom stereocenters. The number of hydrogen-bond acceptors (Lipinski definition) is 4. The quantitative estimate of drug-likeness (QED) is 0.570. The molecule has 1 heterocycles. The molecule has 0 saturated heterocycles.